The Morgan fingerprint density at radius 3 is 2.50 bits per heavy atom. The summed E-state index contributed by atoms with van der Waals surface area (Å²) in [6.45, 7) is 2.01. The molecule has 2 heteroatoms. The van der Waals surface area contributed by atoms with Crippen LogP contribution in [0.2, 0.25) is 0 Å². The van der Waals surface area contributed by atoms with Gasteiger partial charge in [-0.1, -0.05) is 52.3 Å². The summed E-state index contributed by atoms with van der Waals surface area (Å²) in [5, 5.41) is 10.3. The van der Waals surface area contributed by atoms with Gasteiger partial charge in [-0.3, -0.25) is 0 Å². The van der Waals surface area contributed by atoms with Crippen LogP contribution in [0.15, 0.2) is 53.0 Å². The minimum atomic E-state index is -0.557. The fourth-order valence-electron chi connectivity index (χ4n) is 1.75. The highest BCUT2D eigenvalue weighted by Gasteiger charge is 2.12. The molecule has 0 aliphatic rings. The maximum atomic E-state index is 10.3. The van der Waals surface area contributed by atoms with Crippen LogP contribution in [0.3, 0.4) is 0 Å². The van der Waals surface area contributed by atoms with Crippen LogP contribution in [0, 0.1) is 6.92 Å². The predicted molar refractivity (Wildman–Crippen MR) is 69.4 cm³/mol. The van der Waals surface area contributed by atoms with Crippen LogP contribution in [0.1, 0.15) is 22.8 Å². The van der Waals surface area contributed by atoms with E-state index in [1.54, 1.807) is 0 Å². The van der Waals surface area contributed by atoms with Gasteiger partial charge >= 0.3 is 0 Å². The van der Waals surface area contributed by atoms with E-state index in [1.165, 1.54) is 0 Å². The number of halogens is 1. The van der Waals surface area contributed by atoms with E-state index in [4.69, 9.17) is 0 Å². The molecule has 16 heavy (non-hydrogen) atoms. The highest BCUT2D eigenvalue weighted by atomic mass is 79.9. The first-order valence-electron chi connectivity index (χ1n) is 5.17. The Balaban J connectivity index is 2.39. The first-order chi connectivity index (χ1) is 7.68. The maximum absolute atomic E-state index is 10.3. The molecule has 0 amide bonds. The molecule has 0 saturated heterocycles. The summed E-state index contributed by atoms with van der Waals surface area (Å²) in [6.07, 6.45) is -0.557. The first kappa shape index (κ1) is 11.4. The third-order valence-electron chi connectivity index (χ3n) is 2.65. The van der Waals surface area contributed by atoms with Crippen LogP contribution in [-0.2, 0) is 0 Å². The van der Waals surface area contributed by atoms with E-state index < -0.39 is 6.10 Å². The molecule has 2 aromatic carbocycles. The van der Waals surface area contributed by atoms with Crippen molar-refractivity contribution in [1.82, 2.24) is 0 Å². The Morgan fingerprint density at radius 1 is 1.06 bits per heavy atom. The normalized spacial score (nSPS) is 12.4. The van der Waals surface area contributed by atoms with Gasteiger partial charge < -0.3 is 5.11 Å². The number of benzene rings is 2. The highest BCUT2D eigenvalue weighted by Crippen LogP contribution is 2.26. The summed E-state index contributed by atoms with van der Waals surface area (Å²) in [5.41, 5.74) is 2.97. The second-order valence-electron chi connectivity index (χ2n) is 3.81. The van der Waals surface area contributed by atoms with E-state index in [2.05, 4.69) is 15.9 Å². The molecule has 0 bridgehead atoms. The van der Waals surface area contributed by atoms with Crippen LogP contribution in [-0.4, -0.2) is 5.11 Å². The van der Waals surface area contributed by atoms with Crippen molar-refractivity contribution < 1.29 is 5.11 Å². The average Bonchev–Trinajstić information content (AvgIpc) is 2.29. The van der Waals surface area contributed by atoms with Gasteiger partial charge in [0.2, 0.25) is 0 Å². The van der Waals surface area contributed by atoms with Crippen molar-refractivity contribution in [3.63, 3.8) is 0 Å². The maximum Gasteiger partial charge on any atom is 0.104 e. The number of rotatable bonds is 2. The molecule has 82 valence electrons. The van der Waals surface area contributed by atoms with Crippen molar-refractivity contribution in [2.24, 2.45) is 0 Å². The predicted octanol–water partition coefficient (Wildman–Crippen LogP) is 3.84. The molecule has 1 atom stereocenters. The van der Waals surface area contributed by atoms with Crippen LogP contribution in [0.4, 0.5) is 0 Å². The Morgan fingerprint density at radius 2 is 1.81 bits per heavy atom. The van der Waals surface area contributed by atoms with Gasteiger partial charge in [-0.15, -0.1) is 0 Å². The van der Waals surface area contributed by atoms with Crippen molar-refractivity contribution >= 4 is 15.9 Å². The van der Waals surface area contributed by atoms with Gasteiger partial charge in [0.15, 0.2) is 0 Å². The minimum absolute atomic E-state index is 0.557. The SMILES string of the molecule is Cc1ccccc1[C@@H](O)c1cccc(Br)c1. The molecule has 2 aromatic rings. The van der Waals surface area contributed by atoms with E-state index in [1.807, 2.05) is 55.5 Å². The standard InChI is InChI=1S/C14H13BrO/c1-10-5-2-3-8-13(10)14(16)11-6-4-7-12(15)9-11/h2-9,14,16H,1H3/t14-/m0/s1. The zero-order chi connectivity index (χ0) is 11.5. The van der Waals surface area contributed by atoms with Gasteiger partial charge in [0.05, 0.1) is 0 Å². The van der Waals surface area contributed by atoms with Crippen molar-refractivity contribution in [3.8, 4) is 0 Å². The van der Waals surface area contributed by atoms with Crippen molar-refractivity contribution in [2.75, 3.05) is 0 Å². The van der Waals surface area contributed by atoms with Crippen LogP contribution >= 0.6 is 15.9 Å². The molecule has 1 nitrogen and oxygen atoms in total. The van der Waals surface area contributed by atoms with Crippen molar-refractivity contribution in [2.45, 2.75) is 13.0 Å². The summed E-state index contributed by atoms with van der Waals surface area (Å²) >= 11 is 3.41. The Hall–Kier alpha value is -1.12. The van der Waals surface area contributed by atoms with Gasteiger partial charge in [-0.05, 0) is 35.7 Å². The highest BCUT2D eigenvalue weighted by molar-refractivity contribution is 9.10. The van der Waals surface area contributed by atoms with Gasteiger partial charge in [0.25, 0.3) is 0 Å². The van der Waals surface area contributed by atoms with Crippen LogP contribution < -0.4 is 0 Å². The lowest BCUT2D eigenvalue weighted by molar-refractivity contribution is 0.219. The molecular formula is C14H13BrO. The topological polar surface area (TPSA) is 20.2 Å². The van der Waals surface area contributed by atoms with Crippen molar-refractivity contribution in [3.05, 3.63) is 69.7 Å². The molecule has 0 spiro atoms. The smallest absolute Gasteiger partial charge is 0.104 e. The molecule has 0 aromatic heterocycles. The van der Waals surface area contributed by atoms with E-state index in [-0.39, 0.29) is 0 Å². The molecule has 0 aliphatic heterocycles. The van der Waals surface area contributed by atoms with E-state index in [0.717, 1.165) is 21.2 Å². The molecule has 0 heterocycles. The summed E-state index contributed by atoms with van der Waals surface area (Å²) < 4.78 is 0.984. The molecule has 0 unspecified atom stereocenters. The minimum Gasteiger partial charge on any atom is -0.384 e. The molecule has 0 aliphatic carbocycles. The lowest BCUT2D eigenvalue weighted by Gasteiger charge is -2.14. The first-order valence-corrected chi connectivity index (χ1v) is 5.97. The third kappa shape index (κ3) is 2.34. The van der Waals surface area contributed by atoms with Crippen LogP contribution in [0.25, 0.3) is 0 Å². The molecular weight excluding hydrogens is 264 g/mol. The van der Waals surface area contributed by atoms with Gasteiger partial charge in [-0.25, -0.2) is 0 Å². The van der Waals surface area contributed by atoms with E-state index >= 15 is 0 Å². The summed E-state index contributed by atoms with van der Waals surface area (Å²) in [6, 6.07) is 15.7. The monoisotopic (exact) mass is 276 g/mol. The number of aliphatic hydroxyl groups is 1. The second kappa shape index (κ2) is 4.81. The molecule has 0 fully saturated rings. The van der Waals surface area contributed by atoms with Gasteiger partial charge in [-0.2, -0.15) is 0 Å². The number of aliphatic hydroxyl groups excluding tert-OH is 1. The molecule has 0 radical (unpaired) electrons. The fourth-order valence-corrected chi connectivity index (χ4v) is 2.17. The number of hydrogen-bond donors (Lipinski definition) is 1. The van der Waals surface area contributed by atoms with Crippen molar-refractivity contribution in [1.29, 1.82) is 0 Å². The molecule has 1 N–H and O–H groups in total. The second-order valence-corrected chi connectivity index (χ2v) is 4.73. The molecule has 0 saturated carbocycles. The number of aryl methyl sites for hydroxylation is 1. The van der Waals surface area contributed by atoms with E-state index in [9.17, 15) is 5.11 Å². The summed E-state index contributed by atoms with van der Waals surface area (Å²) in [5.74, 6) is 0. The fraction of sp³-hybridized carbons (Fsp3) is 0.143. The van der Waals surface area contributed by atoms with Gasteiger partial charge in [0, 0.05) is 4.47 Å². The van der Waals surface area contributed by atoms with E-state index in [0.29, 0.717) is 0 Å². The third-order valence-corrected chi connectivity index (χ3v) is 3.14. The zero-order valence-corrected chi connectivity index (χ0v) is 10.6. The van der Waals surface area contributed by atoms with Crippen LogP contribution in [0.5, 0.6) is 0 Å². The molecule has 2 rings (SSSR count). The van der Waals surface area contributed by atoms with Gasteiger partial charge in [0.1, 0.15) is 6.10 Å². The Bertz CT molecular complexity index is 494. The Labute approximate surface area is 104 Å². The average molecular weight is 277 g/mol. The lowest BCUT2D eigenvalue weighted by atomic mass is 9.98. The quantitative estimate of drug-likeness (QED) is 0.884. The lowest BCUT2D eigenvalue weighted by Crippen LogP contribution is -2.01. The summed E-state index contributed by atoms with van der Waals surface area (Å²) in [7, 11) is 0. The summed E-state index contributed by atoms with van der Waals surface area (Å²) in [4.78, 5) is 0. The largest absolute Gasteiger partial charge is 0.384 e. The zero-order valence-electron chi connectivity index (χ0n) is 9.02. The number of hydrogen-bond acceptors (Lipinski definition) is 1. The Kier molecular flexibility index (Phi) is 3.42.